The number of rotatable bonds is 5. The molecule has 0 aliphatic carbocycles. The zero-order valence-electron chi connectivity index (χ0n) is 19.2. The van der Waals surface area contributed by atoms with Crippen LogP contribution in [0.5, 0.6) is 0 Å². The highest BCUT2D eigenvalue weighted by atomic mass is 35.5. The number of aromatic nitrogens is 1. The molecule has 1 fully saturated rings. The van der Waals surface area contributed by atoms with Crippen molar-refractivity contribution in [3.05, 3.63) is 101 Å². The summed E-state index contributed by atoms with van der Waals surface area (Å²) >= 11 is 12.0. The molecule has 176 valence electrons. The maximum Gasteiger partial charge on any atom is 0.221 e. The van der Waals surface area contributed by atoms with Gasteiger partial charge >= 0.3 is 0 Å². The normalized spacial score (nSPS) is 17.3. The minimum atomic E-state index is -0.280. The topological polar surface area (TPSA) is 70.4 Å². The van der Waals surface area contributed by atoms with Gasteiger partial charge in [-0.15, -0.1) is 0 Å². The van der Waals surface area contributed by atoms with Gasteiger partial charge in [0.2, 0.25) is 5.91 Å². The molecule has 2 aromatic heterocycles. The number of anilines is 2. The van der Waals surface area contributed by atoms with Crippen molar-refractivity contribution in [1.82, 2.24) is 10.3 Å². The third-order valence-corrected chi connectivity index (χ3v) is 6.50. The molecule has 1 aliphatic rings. The van der Waals surface area contributed by atoms with Crippen LogP contribution in [0.2, 0.25) is 5.02 Å². The summed E-state index contributed by atoms with van der Waals surface area (Å²) in [5, 5.41) is 7.44. The molecule has 8 heteroatoms. The van der Waals surface area contributed by atoms with Crippen molar-refractivity contribution in [2.75, 3.05) is 10.2 Å². The molecule has 2 aromatic carbocycles. The van der Waals surface area contributed by atoms with E-state index in [1.807, 2.05) is 84.6 Å². The SMILES string of the molecule is CC(=O)Nc1ccc(N2C(=S)NC(c3ccccn3)C2c2ccc(-c3cc(Cl)ccc3C)o2)cc1. The average molecular weight is 503 g/mol. The number of nitrogens with one attached hydrogen (secondary N) is 2. The van der Waals surface area contributed by atoms with Crippen molar-refractivity contribution in [1.29, 1.82) is 0 Å². The Morgan fingerprint density at radius 2 is 1.91 bits per heavy atom. The molecular weight excluding hydrogens is 480 g/mol. The molecule has 4 aromatic rings. The number of furan rings is 1. The van der Waals surface area contributed by atoms with Crippen LogP contribution < -0.4 is 15.5 Å². The molecule has 2 N–H and O–H groups in total. The second kappa shape index (κ2) is 9.52. The Labute approximate surface area is 213 Å². The first-order valence-electron chi connectivity index (χ1n) is 11.2. The maximum absolute atomic E-state index is 11.4. The number of carbonyl (C=O) groups is 1. The lowest BCUT2D eigenvalue weighted by Crippen LogP contribution is -2.29. The molecule has 35 heavy (non-hydrogen) atoms. The molecule has 0 bridgehead atoms. The van der Waals surface area contributed by atoms with Crippen molar-refractivity contribution in [3.8, 4) is 11.3 Å². The molecule has 1 aliphatic heterocycles. The van der Waals surface area contributed by atoms with E-state index in [1.165, 1.54) is 6.92 Å². The lowest BCUT2D eigenvalue weighted by Gasteiger charge is -2.26. The van der Waals surface area contributed by atoms with Crippen LogP contribution in [0.1, 0.15) is 36.0 Å². The number of nitrogens with zero attached hydrogens (tertiary/aromatic N) is 2. The first kappa shape index (κ1) is 23.1. The molecule has 0 saturated carbocycles. The lowest BCUT2D eigenvalue weighted by molar-refractivity contribution is -0.114. The minimum absolute atomic E-state index is 0.122. The van der Waals surface area contributed by atoms with Crippen molar-refractivity contribution in [2.45, 2.75) is 25.9 Å². The van der Waals surface area contributed by atoms with Gasteiger partial charge in [0.05, 0.1) is 11.7 Å². The highest BCUT2D eigenvalue weighted by molar-refractivity contribution is 7.80. The van der Waals surface area contributed by atoms with E-state index in [4.69, 9.17) is 28.2 Å². The van der Waals surface area contributed by atoms with Gasteiger partial charge in [-0.25, -0.2) is 0 Å². The predicted molar refractivity (Wildman–Crippen MR) is 143 cm³/mol. The van der Waals surface area contributed by atoms with Crippen LogP contribution in [0.4, 0.5) is 11.4 Å². The fourth-order valence-electron chi connectivity index (χ4n) is 4.35. The fourth-order valence-corrected chi connectivity index (χ4v) is 4.86. The van der Waals surface area contributed by atoms with Crippen LogP contribution in [0.15, 0.2) is 83.4 Å². The van der Waals surface area contributed by atoms with Gasteiger partial charge in [0.25, 0.3) is 0 Å². The van der Waals surface area contributed by atoms with Gasteiger partial charge in [-0.05, 0) is 85.4 Å². The molecule has 5 rings (SSSR count). The highest BCUT2D eigenvalue weighted by Gasteiger charge is 2.42. The van der Waals surface area contributed by atoms with Gasteiger partial charge in [-0.2, -0.15) is 0 Å². The van der Waals surface area contributed by atoms with E-state index in [0.29, 0.717) is 15.8 Å². The van der Waals surface area contributed by atoms with E-state index >= 15 is 0 Å². The van der Waals surface area contributed by atoms with Crippen molar-refractivity contribution < 1.29 is 9.21 Å². The van der Waals surface area contributed by atoms with Crippen LogP contribution in [-0.2, 0) is 4.79 Å². The van der Waals surface area contributed by atoms with Gasteiger partial charge in [0.1, 0.15) is 17.6 Å². The third-order valence-electron chi connectivity index (χ3n) is 5.95. The molecule has 3 heterocycles. The maximum atomic E-state index is 11.4. The summed E-state index contributed by atoms with van der Waals surface area (Å²) in [5.41, 5.74) is 4.46. The van der Waals surface area contributed by atoms with Gasteiger partial charge in [-0.3, -0.25) is 9.78 Å². The van der Waals surface area contributed by atoms with E-state index < -0.39 is 0 Å². The lowest BCUT2D eigenvalue weighted by atomic mass is 10.0. The number of benzene rings is 2. The molecule has 2 unspecified atom stereocenters. The Morgan fingerprint density at radius 1 is 1.11 bits per heavy atom. The number of amides is 1. The Bertz CT molecular complexity index is 1390. The highest BCUT2D eigenvalue weighted by Crippen LogP contribution is 2.43. The van der Waals surface area contributed by atoms with E-state index in [-0.39, 0.29) is 18.0 Å². The molecule has 2 atom stereocenters. The quantitative estimate of drug-likeness (QED) is 0.306. The van der Waals surface area contributed by atoms with Crippen molar-refractivity contribution in [2.24, 2.45) is 0 Å². The Morgan fingerprint density at radius 3 is 2.63 bits per heavy atom. The first-order valence-corrected chi connectivity index (χ1v) is 11.9. The predicted octanol–water partition coefficient (Wildman–Crippen LogP) is 6.44. The van der Waals surface area contributed by atoms with E-state index in [9.17, 15) is 4.79 Å². The zero-order valence-corrected chi connectivity index (χ0v) is 20.7. The van der Waals surface area contributed by atoms with Gasteiger partial charge in [0, 0.05) is 35.1 Å². The summed E-state index contributed by atoms with van der Waals surface area (Å²) in [6, 6.07) is 22.6. The summed E-state index contributed by atoms with van der Waals surface area (Å²) in [4.78, 5) is 18.0. The second-order valence-electron chi connectivity index (χ2n) is 8.39. The molecule has 1 saturated heterocycles. The number of halogens is 1. The summed E-state index contributed by atoms with van der Waals surface area (Å²) in [6.45, 7) is 3.51. The van der Waals surface area contributed by atoms with Gasteiger partial charge in [-0.1, -0.05) is 23.7 Å². The molecule has 0 spiro atoms. The fraction of sp³-hybridized carbons (Fsp3) is 0.148. The number of carbonyl (C=O) groups excluding carboxylic acids is 1. The van der Waals surface area contributed by atoms with Crippen LogP contribution in [0.25, 0.3) is 11.3 Å². The molecular formula is C27H23ClN4O2S. The second-order valence-corrected chi connectivity index (χ2v) is 9.21. The van der Waals surface area contributed by atoms with Gasteiger partial charge < -0.3 is 20.0 Å². The van der Waals surface area contributed by atoms with Crippen molar-refractivity contribution >= 4 is 46.2 Å². The Kier molecular flexibility index (Phi) is 6.28. The third kappa shape index (κ3) is 4.65. The molecule has 1 amide bonds. The summed E-state index contributed by atoms with van der Waals surface area (Å²) < 4.78 is 6.43. The Balaban J connectivity index is 1.57. The number of thiocarbonyl (C=S) groups is 1. The van der Waals surface area contributed by atoms with Crippen LogP contribution in [0, 0.1) is 6.92 Å². The van der Waals surface area contributed by atoms with Gasteiger partial charge in [0.15, 0.2) is 5.11 Å². The van der Waals surface area contributed by atoms with E-state index in [0.717, 1.165) is 34.0 Å². The van der Waals surface area contributed by atoms with Crippen LogP contribution in [0.3, 0.4) is 0 Å². The zero-order chi connectivity index (χ0) is 24.5. The standard InChI is InChI=1S/C27H23ClN4O2S/c1-16-6-7-18(28)15-21(16)23-12-13-24(34-23)26-25(22-5-3-4-14-29-22)31-27(35)32(26)20-10-8-19(9-11-20)30-17(2)33/h3-15,25-26H,1-2H3,(H,30,33)(H,31,35). The van der Waals surface area contributed by atoms with Crippen LogP contribution >= 0.6 is 23.8 Å². The average Bonchev–Trinajstić information content (AvgIpc) is 3.46. The first-order chi connectivity index (χ1) is 16.9. The number of hydrogen-bond acceptors (Lipinski definition) is 4. The van der Waals surface area contributed by atoms with E-state index in [1.54, 1.807) is 6.20 Å². The van der Waals surface area contributed by atoms with E-state index in [2.05, 4.69) is 15.6 Å². The smallest absolute Gasteiger partial charge is 0.221 e. The Hall–Kier alpha value is -3.68. The number of aryl methyl sites for hydroxylation is 1. The minimum Gasteiger partial charge on any atom is -0.459 e. The van der Waals surface area contributed by atoms with Crippen molar-refractivity contribution in [3.63, 3.8) is 0 Å². The largest absolute Gasteiger partial charge is 0.459 e. The number of pyridine rings is 1. The summed E-state index contributed by atoms with van der Waals surface area (Å²) in [6.07, 6.45) is 1.77. The van der Waals surface area contributed by atoms with Crippen LogP contribution in [-0.4, -0.2) is 16.0 Å². The summed E-state index contributed by atoms with van der Waals surface area (Å²) in [5.74, 6) is 1.36. The molecule has 6 nitrogen and oxygen atoms in total. The summed E-state index contributed by atoms with van der Waals surface area (Å²) in [7, 11) is 0. The monoisotopic (exact) mass is 502 g/mol. The number of hydrogen-bond donors (Lipinski definition) is 2. The molecule has 0 radical (unpaired) electrons.